The number of methoxy groups -OCH3 is 2. The van der Waals surface area contributed by atoms with Crippen molar-refractivity contribution >= 4 is 27.3 Å². The van der Waals surface area contributed by atoms with Gasteiger partial charge in [-0.3, -0.25) is 0 Å². The van der Waals surface area contributed by atoms with Gasteiger partial charge in [-0.15, -0.1) is 11.3 Å². The maximum absolute atomic E-state index is 5.35. The fourth-order valence-electron chi connectivity index (χ4n) is 2.06. The van der Waals surface area contributed by atoms with Crippen molar-refractivity contribution in [1.82, 2.24) is 5.32 Å². The summed E-state index contributed by atoms with van der Waals surface area (Å²) in [6.45, 7) is 2.99. The van der Waals surface area contributed by atoms with E-state index in [0.717, 1.165) is 28.1 Å². The quantitative estimate of drug-likeness (QED) is 0.840. The van der Waals surface area contributed by atoms with E-state index in [0.29, 0.717) is 0 Å². The van der Waals surface area contributed by atoms with Crippen molar-refractivity contribution in [2.24, 2.45) is 0 Å². The summed E-state index contributed by atoms with van der Waals surface area (Å²) in [6.07, 6.45) is 0. The zero-order valence-electron chi connectivity index (χ0n) is 11.8. The molecular weight excluding hydrogens is 338 g/mol. The summed E-state index contributed by atoms with van der Waals surface area (Å²) in [6, 6.07) is 8.26. The summed E-state index contributed by atoms with van der Waals surface area (Å²) >= 11 is 5.24. The lowest BCUT2D eigenvalue weighted by molar-refractivity contribution is 0.392. The molecule has 1 atom stereocenters. The Morgan fingerprint density at radius 3 is 2.25 bits per heavy atom. The molecule has 0 bridgehead atoms. The molecule has 0 saturated carbocycles. The van der Waals surface area contributed by atoms with E-state index in [1.165, 1.54) is 4.88 Å². The van der Waals surface area contributed by atoms with Crippen LogP contribution in [0.1, 0.15) is 23.4 Å². The molecule has 3 nitrogen and oxygen atoms in total. The lowest BCUT2D eigenvalue weighted by Crippen LogP contribution is -2.21. The van der Waals surface area contributed by atoms with Crippen LogP contribution in [0.4, 0.5) is 0 Å². The van der Waals surface area contributed by atoms with Crippen LogP contribution in [0.25, 0.3) is 0 Å². The van der Waals surface area contributed by atoms with Gasteiger partial charge in [0.15, 0.2) is 0 Å². The molecule has 1 aromatic carbocycles. The second-order valence-electron chi connectivity index (χ2n) is 4.30. The average molecular weight is 356 g/mol. The number of rotatable bonds is 6. The molecule has 20 heavy (non-hydrogen) atoms. The highest BCUT2D eigenvalue weighted by Crippen LogP contribution is 2.33. The summed E-state index contributed by atoms with van der Waals surface area (Å²) in [7, 11) is 3.34. The van der Waals surface area contributed by atoms with Crippen LogP contribution in [0.3, 0.4) is 0 Å². The highest BCUT2D eigenvalue weighted by Gasteiger charge is 2.17. The van der Waals surface area contributed by atoms with Crippen molar-refractivity contribution in [3.63, 3.8) is 0 Å². The van der Waals surface area contributed by atoms with Crippen LogP contribution in [0.2, 0.25) is 0 Å². The Labute approximate surface area is 132 Å². The van der Waals surface area contributed by atoms with Gasteiger partial charge < -0.3 is 14.8 Å². The van der Waals surface area contributed by atoms with Crippen molar-refractivity contribution in [1.29, 1.82) is 0 Å². The summed E-state index contributed by atoms with van der Waals surface area (Å²) in [5.74, 6) is 1.61. The molecule has 1 aromatic heterocycles. The lowest BCUT2D eigenvalue weighted by atomic mass is 10.0. The van der Waals surface area contributed by atoms with Crippen LogP contribution in [0.15, 0.2) is 34.1 Å². The molecule has 0 saturated heterocycles. The van der Waals surface area contributed by atoms with E-state index in [1.807, 2.05) is 18.2 Å². The molecule has 0 aliphatic rings. The topological polar surface area (TPSA) is 30.5 Å². The second-order valence-corrected chi connectivity index (χ2v) is 6.16. The standard InChI is InChI=1S/C15H18BrNO2S/c1-4-17-15(14-7-11(16)9-20-14)10-5-12(18-2)8-13(6-10)19-3/h5-9,15,17H,4H2,1-3H3. The van der Waals surface area contributed by atoms with Gasteiger partial charge in [-0.1, -0.05) is 6.92 Å². The van der Waals surface area contributed by atoms with Crippen LogP contribution in [-0.4, -0.2) is 20.8 Å². The van der Waals surface area contributed by atoms with Gasteiger partial charge in [-0.05, 0) is 46.2 Å². The third-order valence-electron chi connectivity index (χ3n) is 2.99. The number of ether oxygens (including phenoxy) is 2. The lowest BCUT2D eigenvalue weighted by Gasteiger charge is -2.18. The normalized spacial score (nSPS) is 12.2. The fraction of sp³-hybridized carbons (Fsp3) is 0.333. The van der Waals surface area contributed by atoms with Crippen molar-refractivity contribution in [3.05, 3.63) is 44.6 Å². The van der Waals surface area contributed by atoms with Crippen LogP contribution < -0.4 is 14.8 Å². The zero-order chi connectivity index (χ0) is 14.5. The summed E-state index contributed by atoms with van der Waals surface area (Å²) < 4.78 is 11.8. The molecule has 0 amide bonds. The van der Waals surface area contributed by atoms with Crippen LogP contribution in [0.5, 0.6) is 11.5 Å². The van der Waals surface area contributed by atoms with E-state index < -0.39 is 0 Å². The molecule has 1 N–H and O–H groups in total. The van der Waals surface area contributed by atoms with Crippen LogP contribution in [0, 0.1) is 0 Å². The zero-order valence-corrected chi connectivity index (χ0v) is 14.2. The number of thiophene rings is 1. The van der Waals surface area contributed by atoms with Crippen molar-refractivity contribution < 1.29 is 9.47 Å². The van der Waals surface area contributed by atoms with E-state index in [-0.39, 0.29) is 6.04 Å². The van der Waals surface area contributed by atoms with Gasteiger partial charge in [0.2, 0.25) is 0 Å². The Morgan fingerprint density at radius 2 is 1.80 bits per heavy atom. The second kappa shape index (κ2) is 7.11. The molecule has 108 valence electrons. The van der Waals surface area contributed by atoms with Crippen LogP contribution in [-0.2, 0) is 0 Å². The smallest absolute Gasteiger partial charge is 0.122 e. The predicted molar refractivity (Wildman–Crippen MR) is 87.1 cm³/mol. The van der Waals surface area contributed by atoms with E-state index in [9.17, 15) is 0 Å². The maximum atomic E-state index is 5.35. The minimum atomic E-state index is 0.139. The van der Waals surface area contributed by atoms with E-state index in [4.69, 9.17) is 9.47 Å². The number of nitrogens with one attached hydrogen (secondary N) is 1. The Kier molecular flexibility index (Phi) is 5.46. The van der Waals surface area contributed by atoms with Gasteiger partial charge in [-0.25, -0.2) is 0 Å². The van der Waals surface area contributed by atoms with E-state index in [1.54, 1.807) is 25.6 Å². The van der Waals surface area contributed by atoms with Crippen molar-refractivity contribution in [2.45, 2.75) is 13.0 Å². The van der Waals surface area contributed by atoms with Gasteiger partial charge in [-0.2, -0.15) is 0 Å². The first-order valence-electron chi connectivity index (χ1n) is 6.38. The number of benzene rings is 1. The van der Waals surface area contributed by atoms with E-state index in [2.05, 4.69) is 39.6 Å². The summed E-state index contributed by atoms with van der Waals surface area (Å²) in [5.41, 5.74) is 1.14. The number of halogens is 1. The predicted octanol–water partition coefficient (Wildman–Crippen LogP) is 4.23. The molecule has 0 spiro atoms. The third kappa shape index (κ3) is 3.53. The maximum Gasteiger partial charge on any atom is 0.122 e. The molecule has 1 unspecified atom stereocenters. The largest absolute Gasteiger partial charge is 0.497 e. The monoisotopic (exact) mass is 355 g/mol. The fourth-order valence-corrected chi connectivity index (χ4v) is 3.61. The summed E-state index contributed by atoms with van der Waals surface area (Å²) in [5, 5.41) is 5.60. The van der Waals surface area contributed by atoms with Gasteiger partial charge in [0.1, 0.15) is 11.5 Å². The van der Waals surface area contributed by atoms with Crippen molar-refractivity contribution in [2.75, 3.05) is 20.8 Å². The Morgan fingerprint density at radius 1 is 1.15 bits per heavy atom. The minimum Gasteiger partial charge on any atom is -0.497 e. The molecular formula is C15H18BrNO2S. The minimum absolute atomic E-state index is 0.139. The molecule has 2 aromatic rings. The molecule has 0 aliphatic carbocycles. The highest BCUT2D eigenvalue weighted by atomic mass is 79.9. The van der Waals surface area contributed by atoms with Crippen LogP contribution >= 0.6 is 27.3 Å². The molecule has 5 heteroatoms. The van der Waals surface area contributed by atoms with E-state index >= 15 is 0 Å². The first kappa shape index (κ1) is 15.4. The Balaban J connectivity index is 2.42. The molecule has 0 radical (unpaired) electrons. The number of hydrogen-bond donors (Lipinski definition) is 1. The third-order valence-corrected chi connectivity index (χ3v) is 4.75. The highest BCUT2D eigenvalue weighted by molar-refractivity contribution is 9.10. The average Bonchev–Trinajstić information content (AvgIpc) is 2.90. The molecule has 0 aliphatic heterocycles. The first-order chi connectivity index (χ1) is 9.67. The van der Waals surface area contributed by atoms with Gasteiger partial charge in [0.05, 0.1) is 20.3 Å². The van der Waals surface area contributed by atoms with Gasteiger partial charge in [0.25, 0.3) is 0 Å². The molecule has 2 rings (SSSR count). The first-order valence-corrected chi connectivity index (χ1v) is 8.05. The van der Waals surface area contributed by atoms with Gasteiger partial charge in [0, 0.05) is 20.8 Å². The number of hydrogen-bond acceptors (Lipinski definition) is 4. The van der Waals surface area contributed by atoms with Gasteiger partial charge >= 0.3 is 0 Å². The molecule has 1 heterocycles. The Hall–Kier alpha value is -1.04. The summed E-state index contributed by atoms with van der Waals surface area (Å²) in [4.78, 5) is 1.26. The molecule has 0 fully saturated rings. The Bertz CT molecular complexity index is 549. The van der Waals surface area contributed by atoms with Crippen molar-refractivity contribution in [3.8, 4) is 11.5 Å². The SMILES string of the molecule is CCNC(c1cc(OC)cc(OC)c1)c1cc(Br)cs1.